The summed E-state index contributed by atoms with van der Waals surface area (Å²) in [6.07, 6.45) is 0. The zero-order valence-corrected chi connectivity index (χ0v) is 18.2. The molecule has 152 valence electrons. The molecule has 0 bridgehead atoms. The summed E-state index contributed by atoms with van der Waals surface area (Å²) in [6.45, 7) is 0. The van der Waals surface area contributed by atoms with Crippen LogP contribution in [0.3, 0.4) is 0 Å². The van der Waals surface area contributed by atoms with Gasteiger partial charge < -0.3 is 0 Å². The Balaban J connectivity index is 1.91. The summed E-state index contributed by atoms with van der Waals surface area (Å²) in [7, 11) is -7.18. The number of hydrogen-bond donors (Lipinski definition) is 0. The fourth-order valence-electron chi connectivity index (χ4n) is 3.66. The molecular weight excluding hydrogens is 411 g/mol. The quantitative estimate of drug-likeness (QED) is 0.410. The molecule has 0 amide bonds. The second-order valence-electron chi connectivity index (χ2n) is 7.05. The first-order valence-corrected chi connectivity index (χ1v) is 13.2. The van der Waals surface area contributed by atoms with E-state index in [9.17, 15) is 8.42 Å². The Bertz CT molecular complexity index is 1080. The van der Waals surface area contributed by atoms with Crippen LogP contribution in [0.5, 0.6) is 0 Å². The second-order valence-corrected chi connectivity index (χ2v) is 12.2. The molecule has 0 aliphatic rings. The van der Waals surface area contributed by atoms with Crippen molar-refractivity contribution >= 4 is 33.5 Å². The first kappa shape index (κ1) is 20.5. The molecule has 0 radical (unpaired) electrons. The molecule has 0 heterocycles. The van der Waals surface area contributed by atoms with Gasteiger partial charge in [0.15, 0.2) is 0 Å². The predicted octanol–water partition coefficient (Wildman–Crippen LogP) is 4.17. The molecule has 5 heteroatoms. The molecule has 0 aromatic heterocycles. The molecule has 0 spiro atoms. The fraction of sp³-hybridized carbons (Fsp3) is 0.0400. The van der Waals surface area contributed by atoms with Crippen molar-refractivity contribution in [1.82, 2.24) is 0 Å². The van der Waals surface area contributed by atoms with Gasteiger partial charge >= 0.3 is 179 Å². The van der Waals surface area contributed by atoms with Crippen molar-refractivity contribution < 1.29 is 12.4 Å². The van der Waals surface area contributed by atoms with Gasteiger partial charge in [0.25, 0.3) is 0 Å². The Hall–Kier alpha value is -2.78. The van der Waals surface area contributed by atoms with E-state index < -0.39 is 17.6 Å². The average Bonchev–Trinajstić information content (AvgIpc) is 2.80. The Kier molecular flexibility index (Phi) is 6.10. The molecule has 4 aromatic carbocycles. The molecule has 0 aliphatic heterocycles. The number of rotatable bonds is 7. The van der Waals surface area contributed by atoms with E-state index in [1.54, 1.807) is 12.1 Å². The van der Waals surface area contributed by atoms with E-state index in [4.69, 9.17) is 3.97 Å². The molecule has 0 unspecified atom stereocenters. The number of hydrogen-bond acceptors (Lipinski definition) is 3. The van der Waals surface area contributed by atoms with Crippen molar-refractivity contribution in [2.75, 3.05) is 0 Å². The van der Waals surface area contributed by atoms with Gasteiger partial charge in [-0.25, -0.2) is 0 Å². The molecule has 0 saturated carbocycles. The SMILES string of the molecule is O=S(=O)(Cc1ccccc1)O[PH](c1ccccc1)(c1ccccc1)c1ccccc1. The average molecular weight is 434 g/mol. The fourth-order valence-corrected chi connectivity index (χ4v) is 10.2. The second kappa shape index (κ2) is 8.93. The first-order chi connectivity index (χ1) is 14.6. The van der Waals surface area contributed by atoms with Gasteiger partial charge in [-0.05, 0) is 0 Å². The van der Waals surface area contributed by atoms with Gasteiger partial charge in [0, 0.05) is 0 Å². The third-order valence-electron chi connectivity index (χ3n) is 4.98. The van der Waals surface area contributed by atoms with E-state index in [1.165, 1.54) is 0 Å². The van der Waals surface area contributed by atoms with Crippen LogP contribution in [-0.4, -0.2) is 8.42 Å². The zero-order valence-electron chi connectivity index (χ0n) is 16.4. The predicted molar refractivity (Wildman–Crippen MR) is 127 cm³/mol. The number of benzene rings is 4. The Morgan fingerprint density at radius 1 is 0.533 bits per heavy atom. The standard InChI is InChI=1S/C25H23O3PS/c26-30(27,21-22-13-5-1-6-14-22)28-29(23-15-7-2-8-16-23,24-17-9-3-10-18-24)25-19-11-4-12-20-25/h1-20,29H,21H2. The van der Waals surface area contributed by atoms with Gasteiger partial charge in [-0.1, -0.05) is 0 Å². The van der Waals surface area contributed by atoms with Crippen LogP contribution in [0, 0.1) is 0 Å². The normalized spacial score (nSPS) is 12.4. The van der Waals surface area contributed by atoms with Crippen LogP contribution in [0.2, 0.25) is 0 Å². The van der Waals surface area contributed by atoms with E-state index in [2.05, 4.69) is 0 Å². The van der Waals surface area contributed by atoms with Crippen molar-refractivity contribution in [3.63, 3.8) is 0 Å². The van der Waals surface area contributed by atoms with Crippen LogP contribution >= 0.6 is 7.49 Å². The maximum absolute atomic E-state index is 13.3. The van der Waals surface area contributed by atoms with E-state index >= 15 is 0 Å². The molecule has 30 heavy (non-hydrogen) atoms. The Morgan fingerprint density at radius 2 is 0.867 bits per heavy atom. The van der Waals surface area contributed by atoms with Crippen LogP contribution in [0.4, 0.5) is 0 Å². The molecule has 0 fully saturated rings. The van der Waals surface area contributed by atoms with Crippen LogP contribution in [0.1, 0.15) is 5.56 Å². The summed E-state index contributed by atoms with van der Waals surface area (Å²) in [5, 5.41) is 2.66. The van der Waals surface area contributed by atoms with Crippen LogP contribution in [0.15, 0.2) is 121 Å². The summed E-state index contributed by atoms with van der Waals surface area (Å²) in [6, 6.07) is 38.3. The summed E-state index contributed by atoms with van der Waals surface area (Å²) < 4.78 is 33.0. The van der Waals surface area contributed by atoms with Crippen LogP contribution in [0.25, 0.3) is 0 Å². The topological polar surface area (TPSA) is 43.4 Å². The van der Waals surface area contributed by atoms with Gasteiger partial charge in [0.2, 0.25) is 0 Å². The summed E-state index contributed by atoms with van der Waals surface area (Å²) >= 11 is 0. The van der Waals surface area contributed by atoms with Gasteiger partial charge in [-0.2, -0.15) is 0 Å². The van der Waals surface area contributed by atoms with Crippen molar-refractivity contribution in [3.8, 4) is 0 Å². The first-order valence-electron chi connectivity index (χ1n) is 9.74. The Labute approximate surface area is 178 Å². The minimum atomic E-state index is -3.87. The van der Waals surface area contributed by atoms with Gasteiger partial charge in [0.1, 0.15) is 0 Å². The van der Waals surface area contributed by atoms with Gasteiger partial charge in [-0.3, -0.25) is 0 Å². The van der Waals surface area contributed by atoms with E-state index in [-0.39, 0.29) is 5.75 Å². The molecule has 3 nitrogen and oxygen atoms in total. The third kappa shape index (κ3) is 4.36. The van der Waals surface area contributed by atoms with Gasteiger partial charge in [0.05, 0.1) is 0 Å². The van der Waals surface area contributed by atoms with Crippen molar-refractivity contribution in [3.05, 3.63) is 127 Å². The molecule has 0 aliphatic carbocycles. The van der Waals surface area contributed by atoms with Crippen LogP contribution < -0.4 is 15.9 Å². The van der Waals surface area contributed by atoms with Crippen LogP contribution in [-0.2, 0) is 19.8 Å². The third-order valence-corrected chi connectivity index (χ3v) is 11.1. The zero-order chi connectivity index (χ0) is 20.9. The van der Waals surface area contributed by atoms with Crippen molar-refractivity contribution in [1.29, 1.82) is 0 Å². The summed E-state index contributed by atoms with van der Waals surface area (Å²) in [5.74, 6) is -0.172. The summed E-state index contributed by atoms with van der Waals surface area (Å²) in [4.78, 5) is 0. The molecule has 0 saturated heterocycles. The maximum atomic E-state index is 13.3. The molecule has 0 atom stereocenters. The van der Waals surface area contributed by atoms with E-state index in [0.29, 0.717) is 5.56 Å². The molecule has 0 N–H and O–H groups in total. The van der Waals surface area contributed by atoms with E-state index in [1.807, 2.05) is 109 Å². The molecule has 4 aromatic rings. The minimum absolute atomic E-state index is 0.172. The Morgan fingerprint density at radius 3 is 1.23 bits per heavy atom. The van der Waals surface area contributed by atoms with Crippen molar-refractivity contribution in [2.24, 2.45) is 0 Å². The monoisotopic (exact) mass is 434 g/mol. The molecule has 4 rings (SSSR count). The molecular formula is C25H23O3PS. The van der Waals surface area contributed by atoms with Crippen molar-refractivity contribution in [2.45, 2.75) is 5.75 Å². The summed E-state index contributed by atoms with van der Waals surface area (Å²) in [5.41, 5.74) is 0.703. The van der Waals surface area contributed by atoms with E-state index in [0.717, 1.165) is 15.9 Å². The van der Waals surface area contributed by atoms with Gasteiger partial charge in [-0.15, -0.1) is 0 Å².